The standard InChI is InChI=1S/C33H33FN6O2/c1-20-12-22(32-35-17-26(18-36-32)40-11-10-25(19-40)39(2)3)14-23(13-20)33(42)38-31(27-16-24(34)8-9-30(27)41)29-15-21-6-4-5-7-28(21)37-29/h4-9,12-18,25,31,37,41H,10-11,19H2,1-3H3,(H,38,42)/t25-,31-/m1/s1. The van der Waals surface area contributed by atoms with E-state index in [1.54, 1.807) is 12.1 Å². The molecular formula is C33H33FN6O2. The number of phenolic OH excluding ortho intramolecular Hbond substituents is 1. The number of rotatable bonds is 7. The van der Waals surface area contributed by atoms with Crippen LogP contribution in [0.2, 0.25) is 0 Å². The molecule has 6 rings (SSSR count). The van der Waals surface area contributed by atoms with E-state index in [9.17, 15) is 14.3 Å². The van der Waals surface area contributed by atoms with Gasteiger partial charge in [0.25, 0.3) is 5.91 Å². The number of benzene rings is 3. The molecule has 2 aromatic heterocycles. The molecule has 214 valence electrons. The lowest BCUT2D eigenvalue weighted by atomic mass is 10.0. The number of aryl methyl sites for hydroxylation is 1. The van der Waals surface area contributed by atoms with Crippen LogP contribution >= 0.6 is 0 Å². The number of hydrogen-bond acceptors (Lipinski definition) is 6. The molecule has 0 unspecified atom stereocenters. The third-order valence-corrected chi connectivity index (χ3v) is 7.93. The number of fused-ring (bicyclic) bond motifs is 1. The summed E-state index contributed by atoms with van der Waals surface area (Å²) in [5.74, 6) is -0.484. The van der Waals surface area contributed by atoms with Gasteiger partial charge in [-0.15, -0.1) is 0 Å². The van der Waals surface area contributed by atoms with E-state index in [-0.39, 0.29) is 17.2 Å². The third kappa shape index (κ3) is 5.56. The van der Waals surface area contributed by atoms with Crippen molar-refractivity contribution in [3.8, 4) is 17.1 Å². The van der Waals surface area contributed by atoms with Crippen molar-refractivity contribution in [3.05, 3.63) is 107 Å². The average Bonchev–Trinajstić information content (AvgIpc) is 3.65. The lowest BCUT2D eigenvalue weighted by Crippen LogP contribution is -2.31. The number of hydrogen-bond donors (Lipinski definition) is 3. The molecule has 0 radical (unpaired) electrons. The van der Waals surface area contributed by atoms with Crippen LogP contribution in [0.25, 0.3) is 22.3 Å². The normalized spacial score (nSPS) is 15.8. The van der Waals surface area contributed by atoms with Gasteiger partial charge in [0, 0.05) is 47.0 Å². The van der Waals surface area contributed by atoms with Crippen LogP contribution in [-0.2, 0) is 0 Å². The largest absolute Gasteiger partial charge is 0.508 e. The fraction of sp³-hybridized carbons (Fsp3) is 0.242. The predicted molar refractivity (Wildman–Crippen MR) is 162 cm³/mol. The third-order valence-electron chi connectivity index (χ3n) is 7.93. The van der Waals surface area contributed by atoms with Crippen molar-refractivity contribution in [2.24, 2.45) is 0 Å². The van der Waals surface area contributed by atoms with Gasteiger partial charge >= 0.3 is 0 Å². The van der Waals surface area contributed by atoms with Gasteiger partial charge in [-0.1, -0.05) is 18.2 Å². The summed E-state index contributed by atoms with van der Waals surface area (Å²) in [4.78, 5) is 30.8. The summed E-state index contributed by atoms with van der Waals surface area (Å²) in [5.41, 5.74) is 4.71. The Morgan fingerprint density at radius 2 is 1.88 bits per heavy atom. The molecule has 0 aliphatic carbocycles. The SMILES string of the molecule is Cc1cc(C(=O)N[C@@H](c2cc3ccccc3[nH]2)c2cc(F)ccc2O)cc(-c2ncc(N3CC[C@@H](N(C)C)C3)cn2)c1. The maximum atomic E-state index is 14.3. The van der Waals surface area contributed by atoms with Gasteiger partial charge in [-0.05, 0) is 86.9 Å². The Morgan fingerprint density at radius 3 is 2.62 bits per heavy atom. The number of carbonyl (C=O) groups is 1. The first-order chi connectivity index (χ1) is 20.2. The van der Waals surface area contributed by atoms with E-state index in [0.717, 1.165) is 47.2 Å². The Balaban J connectivity index is 1.29. The molecule has 5 aromatic rings. The van der Waals surface area contributed by atoms with Crippen molar-refractivity contribution in [2.75, 3.05) is 32.1 Å². The molecular weight excluding hydrogens is 531 g/mol. The number of anilines is 1. The average molecular weight is 565 g/mol. The van der Waals surface area contributed by atoms with Gasteiger partial charge in [0.1, 0.15) is 11.6 Å². The topological polar surface area (TPSA) is 97.4 Å². The molecule has 3 heterocycles. The van der Waals surface area contributed by atoms with Crippen LogP contribution in [0.3, 0.4) is 0 Å². The number of H-pyrrole nitrogens is 1. The molecule has 1 fully saturated rings. The summed E-state index contributed by atoms with van der Waals surface area (Å²) in [6, 6.07) is 18.5. The fourth-order valence-electron chi connectivity index (χ4n) is 5.62. The Hall–Kier alpha value is -4.76. The van der Waals surface area contributed by atoms with E-state index in [1.165, 1.54) is 18.2 Å². The first kappa shape index (κ1) is 27.4. The first-order valence-corrected chi connectivity index (χ1v) is 14.0. The minimum Gasteiger partial charge on any atom is -0.508 e. The highest BCUT2D eigenvalue weighted by molar-refractivity contribution is 5.96. The van der Waals surface area contributed by atoms with E-state index >= 15 is 0 Å². The minimum atomic E-state index is -0.827. The second kappa shape index (κ2) is 11.3. The molecule has 3 N–H and O–H groups in total. The van der Waals surface area contributed by atoms with E-state index < -0.39 is 11.9 Å². The maximum Gasteiger partial charge on any atom is 0.252 e. The maximum absolute atomic E-state index is 14.3. The van der Waals surface area contributed by atoms with Crippen molar-refractivity contribution in [3.63, 3.8) is 0 Å². The highest BCUT2D eigenvalue weighted by Gasteiger charge is 2.26. The van der Waals surface area contributed by atoms with Crippen LogP contribution in [0.4, 0.5) is 10.1 Å². The fourth-order valence-corrected chi connectivity index (χ4v) is 5.62. The van der Waals surface area contributed by atoms with E-state index in [4.69, 9.17) is 0 Å². The molecule has 1 aliphatic heterocycles. The summed E-state index contributed by atoms with van der Waals surface area (Å²) >= 11 is 0. The number of aromatic nitrogens is 3. The molecule has 9 heteroatoms. The van der Waals surface area contributed by atoms with E-state index in [2.05, 4.69) is 44.2 Å². The van der Waals surface area contributed by atoms with Gasteiger partial charge in [-0.3, -0.25) is 4.79 Å². The predicted octanol–water partition coefficient (Wildman–Crippen LogP) is 5.44. The van der Waals surface area contributed by atoms with Crippen molar-refractivity contribution >= 4 is 22.5 Å². The number of carbonyl (C=O) groups excluding carboxylic acids is 1. The Labute approximate surface area is 243 Å². The van der Waals surface area contributed by atoms with Gasteiger partial charge in [0.05, 0.1) is 24.1 Å². The van der Waals surface area contributed by atoms with Crippen LogP contribution in [0.15, 0.2) is 79.1 Å². The zero-order chi connectivity index (χ0) is 29.4. The molecule has 2 atom stereocenters. The van der Waals surface area contributed by atoms with Crippen molar-refractivity contribution < 1.29 is 14.3 Å². The monoisotopic (exact) mass is 564 g/mol. The van der Waals surface area contributed by atoms with Crippen molar-refractivity contribution in [2.45, 2.75) is 25.4 Å². The summed E-state index contributed by atoms with van der Waals surface area (Å²) in [7, 11) is 4.20. The van der Waals surface area contributed by atoms with Gasteiger partial charge in [-0.2, -0.15) is 0 Å². The molecule has 42 heavy (non-hydrogen) atoms. The molecule has 0 bridgehead atoms. The van der Waals surface area contributed by atoms with Gasteiger partial charge in [0.15, 0.2) is 5.82 Å². The van der Waals surface area contributed by atoms with Crippen LogP contribution in [-0.4, -0.2) is 64.1 Å². The molecule has 8 nitrogen and oxygen atoms in total. The second-order valence-corrected chi connectivity index (χ2v) is 11.1. The number of aromatic hydroxyl groups is 1. The number of nitrogens with zero attached hydrogens (tertiary/aromatic N) is 4. The number of likely N-dealkylation sites (N-methyl/N-ethyl adjacent to an activating group) is 1. The Bertz CT molecular complexity index is 1720. The first-order valence-electron chi connectivity index (χ1n) is 14.0. The molecule has 1 saturated heterocycles. The van der Waals surface area contributed by atoms with Crippen molar-refractivity contribution in [1.82, 2.24) is 25.2 Å². The number of phenols is 1. The highest BCUT2D eigenvalue weighted by Crippen LogP contribution is 2.32. The van der Waals surface area contributed by atoms with E-state index in [1.807, 2.05) is 55.7 Å². The number of halogens is 1. The molecule has 3 aromatic carbocycles. The zero-order valence-electron chi connectivity index (χ0n) is 23.8. The lowest BCUT2D eigenvalue weighted by Gasteiger charge is -2.21. The van der Waals surface area contributed by atoms with Crippen LogP contribution in [0.5, 0.6) is 5.75 Å². The molecule has 1 aliphatic rings. The summed E-state index contributed by atoms with van der Waals surface area (Å²) in [6.45, 7) is 3.80. The Morgan fingerprint density at radius 1 is 1.10 bits per heavy atom. The number of aromatic amines is 1. The van der Waals surface area contributed by atoms with Gasteiger partial charge < -0.3 is 25.2 Å². The number of amides is 1. The summed E-state index contributed by atoms with van der Waals surface area (Å²) in [6.07, 6.45) is 4.76. The van der Waals surface area contributed by atoms with Gasteiger partial charge in [0.2, 0.25) is 0 Å². The quantitative estimate of drug-likeness (QED) is 0.244. The molecule has 0 spiro atoms. The lowest BCUT2D eigenvalue weighted by molar-refractivity contribution is 0.0942. The molecule has 1 amide bonds. The van der Waals surface area contributed by atoms with Crippen LogP contribution in [0, 0.1) is 12.7 Å². The summed E-state index contributed by atoms with van der Waals surface area (Å²) < 4.78 is 14.3. The number of nitrogens with one attached hydrogen (secondary N) is 2. The van der Waals surface area contributed by atoms with Crippen LogP contribution < -0.4 is 10.2 Å². The zero-order valence-corrected chi connectivity index (χ0v) is 23.8. The smallest absolute Gasteiger partial charge is 0.252 e. The second-order valence-electron chi connectivity index (χ2n) is 11.1. The molecule has 0 saturated carbocycles. The van der Waals surface area contributed by atoms with Crippen molar-refractivity contribution in [1.29, 1.82) is 0 Å². The Kier molecular flexibility index (Phi) is 7.34. The highest BCUT2D eigenvalue weighted by atomic mass is 19.1. The minimum absolute atomic E-state index is 0.117. The van der Waals surface area contributed by atoms with Crippen LogP contribution in [0.1, 0.15) is 39.6 Å². The number of para-hydroxylation sites is 1. The van der Waals surface area contributed by atoms with E-state index in [0.29, 0.717) is 23.1 Å². The van der Waals surface area contributed by atoms with Gasteiger partial charge in [-0.25, -0.2) is 14.4 Å². The summed E-state index contributed by atoms with van der Waals surface area (Å²) in [5, 5.41) is 14.6.